The van der Waals surface area contributed by atoms with E-state index >= 15 is 0 Å². The van der Waals surface area contributed by atoms with Crippen LogP contribution in [0.3, 0.4) is 0 Å². The second-order valence-electron chi connectivity index (χ2n) is 4.22. The molecule has 0 aromatic carbocycles. The zero-order valence-electron chi connectivity index (χ0n) is 10.8. The predicted octanol–water partition coefficient (Wildman–Crippen LogP) is 2.51. The Morgan fingerprint density at radius 3 is 1.69 bits per heavy atom. The maximum absolute atomic E-state index is 12.4. The van der Waals surface area contributed by atoms with Crippen LogP contribution in [-0.2, 0) is 18.4 Å². The largest absolute Gasteiger partial charge is 0.352 e. The van der Waals surface area contributed by atoms with Gasteiger partial charge in [-0.2, -0.15) is 0 Å². The maximum atomic E-state index is 12.4. The molecule has 0 aliphatic heterocycles. The van der Waals surface area contributed by atoms with Gasteiger partial charge in [0.05, 0.1) is 12.2 Å². The lowest BCUT2D eigenvalue weighted by atomic mass is 10.5. The Balaban J connectivity index is 4.76. The van der Waals surface area contributed by atoms with Crippen LogP contribution in [0.1, 0.15) is 41.5 Å². The minimum absolute atomic E-state index is 0.221. The number of carbonyl (C=O) groups excluding carboxylic acids is 1. The van der Waals surface area contributed by atoms with Gasteiger partial charge in [-0.15, -0.1) is 0 Å². The molecule has 16 heavy (non-hydrogen) atoms. The van der Waals surface area contributed by atoms with Gasteiger partial charge in [0.25, 0.3) is 0 Å². The van der Waals surface area contributed by atoms with Gasteiger partial charge >= 0.3 is 7.60 Å². The topological polar surface area (TPSA) is 64.6 Å². The van der Waals surface area contributed by atoms with E-state index in [1.54, 1.807) is 34.6 Å². The van der Waals surface area contributed by atoms with Crippen LogP contribution < -0.4 is 5.32 Å². The van der Waals surface area contributed by atoms with Crippen LogP contribution in [0, 0.1) is 0 Å². The van der Waals surface area contributed by atoms with Crippen LogP contribution in [0.25, 0.3) is 0 Å². The lowest BCUT2D eigenvalue weighted by Crippen LogP contribution is -2.33. The standard InChI is InChI=1S/C10H22NO4P/c1-7(2)14-16(13,15-8(3)4)10(6)11-9(5)12/h7-8,10H,1-6H3,(H,11,12)/t10-/m0/s1. The Labute approximate surface area is 97.4 Å². The van der Waals surface area contributed by atoms with Gasteiger partial charge < -0.3 is 14.4 Å². The third-order valence-corrected chi connectivity index (χ3v) is 4.11. The van der Waals surface area contributed by atoms with E-state index in [2.05, 4.69) is 5.32 Å². The minimum Gasteiger partial charge on any atom is -0.342 e. The molecule has 1 N–H and O–H groups in total. The summed E-state index contributed by atoms with van der Waals surface area (Å²) in [4.78, 5) is 10.9. The molecule has 0 aromatic heterocycles. The van der Waals surface area contributed by atoms with Crippen LogP contribution in [0.15, 0.2) is 0 Å². The van der Waals surface area contributed by atoms with Crippen molar-refractivity contribution in [3.8, 4) is 0 Å². The van der Waals surface area contributed by atoms with Crippen molar-refractivity contribution in [2.75, 3.05) is 0 Å². The van der Waals surface area contributed by atoms with Gasteiger partial charge in [-0.3, -0.25) is 9.36 Å². The highest BCUT2D eigenvalue weighted by molar-refractivity contribution is 7.54. The van der Waals surface area contributed by atoms with Crippen LogP contribution >= 0.6 is 7.60 Å². The Morgan fingerprint density at radius 1 is 1.06 bits per heavy atom. The van der Waals surface area contributed by atoms with Crippen molar-refractivity contribution in [3.63, 3.8) is 0 Å². The first kappa shape index (κ1) is 15.6. The number of amides is 1. The first-order valence-corrected chi connectivity index (χ1v) is 7.02. The smallest absolute Gasteiger partial charge is 0.342 e. The Kier molecular flexibility index (Phi) is 6.23. The fraction of sp³-hybridized carbons (Fsp3) is 0.900. The summed E-state index contributed by atoms with van der Waals surface area (Å²) >= 11 is 0. The number of nitrogens with one attached hydrogen (secondary N) is 1. The molecule has 0 bridgehead atoms. The molecule has 1 amide bonds. The van der Waals surface area contributed by atoms with Crippen molar-refractivity contribution in [1.29, 1.82) is 0 Å². The third kappa shape index (κ3) is 5.64. The summed E-state index contributed by atoms with van der Waals surface area (Å²) in [6, 6.07) is 0. The SMILES string of the molecule is CC(=O)N[C@H](C)P(=O)(OC(C)C)OC(C)C. The summed E-state index contributed by atoms with van der Waals surface area (Å²) in [5.41, 5.74) is 0. The van der Waals surface area contributed by atoms with Crippen molar-refractivity contribution >= 4 is 13.5 Å². The van der Waals surface area contributed by atoms with Gasteiger partial charge in [-0.25, -0.2) is 0 Å². The van der Waals surface area contributed by atoms with E-state index in [1.807, 2.05) is 0 Å². The fourth-order valence-corrected chi connectivity index (χ4v) is 3.10. The molecule has 0 aromatic rings. The molecule has 0 heterocycles. The summed E-state index contributed by atoms with van der Waals surface area (Å²) in [6.45, 7) is 10.1. The normalized spacial score (nSPS) is 14.2. The van der Waals surface area contributed by atoms with Gasteiger partial charge in [0.15, 0.2) is 0 Å². The molecule has 1 atom stereocenters. The summed E-state index contributed by atoms with van der Waals surface area (Å²) < 4.78 is 23.1. The Morgan fingerprint density at radius 2 is 1.44 bits per heavy atom. The molecule has 0 unspecified atom stereocenters. The van der Waals surface area contributed by atoms with Gasteiger partial charge in [0, 0.05) is 6.92 Å². The molecule has 96 valence electrons. The minimum atomic E-state index is -3.31. The molecule has 0 spiro atoms. The van der Waals surface area contributed by atoms with Crippen LogP contribution in [0.2, 0.25) is 0 Å². The highest BCUT2D eigenvalue weighted by Crippen LogP contribution is 2.53. The van der Waals surface area contributed by atoms with Gasteiger partial charge in [0.2, 0.25) is 5.91 Å². The van der Waals surface area contributed by atoms with E-state index < -0.39 is 13.4 Å². The van der Waals surface area contributed by atoms with Crippen LogP contribution in [0.4, 0.5) is 0 Å². The fourth-order valence-electron chi connectivity index (χ4n) is 1.17. The summed E-state index contributed by atoms with van der Waals surface area (Å²) in [6.07, 6.45) is -0.443. The van der Waals surface area contributed by atoms with E-state index in [0.717, 1.165) is 0 Å². The van der Waals surface area contributed by atoms with Crippen LogP contribution in [-0.4, -0.2) is 23.9 Å². The monoisotopic (exact) mass is 251 g/mol. The summed E-state index contributed by atoms with van der Waals surface area (Å²) in [7, 11) is -3.31. The van der Waals surface area contributed by atoms with E-state index in [-0.39, 0.29) is 18.1 Å². The summed E-state index contributed by atoms with van der Waals surface area (Å²) in [5, 5.41) is 2.54. The van der Waals surface area contributed by atoms with Crippen molar-refractivity contribution in [2.24, 2.45) is 0 Å². The Bertz CT molecular complexity index is 264. The highest BCUT2D eigenvalue weighted by atomic mass is 31.2. The molecule has 5 nitrogen and oxygen atoms in total. The lowest BCUT2D eigenvalue weighted by Gasteiger charge is -2.27. The zero-order valence-corrected chi connectivity index (χ0v) is 11.7. The van der Waals surface area contributed by atoms with Gasteiger partial charge in [0.1, 0.15) is 5.78 Å². The molecule has 0 fully saturated rings. The first-order valence-electron chi connectivity index (χ1n) is 5.41. The molecule has 6 heteroatoms. The summed E-state index contributed by atoms with van der Waals surface area (Å²) in [5.74, 6) is -0.901. The average Bonchev–Trinajstić information content (AvgIpc) is 1.98. The molecule has 0 saturated carbocycles. The predicted molar refractivity (Wildman–Crippen MR) is 63.3 cm³/mol. The van der Waals surface area contributed by atoms with Crippen LogP contribution in [0.5, 0.6) is 0 Å². The van der Waals surface area contributed by atoms with E-state index in [0.29, 0.717) is 0 Å². The van der Waals surface area contributed by atoms with E-state index in [4.69, 9.17) is 9.05 Å². The van der Waals surface area contributed by atoms with E-state index in [1.165, 1.54) is 6.92 Å². The van der Waals surface area contributed by atoms with E-state index in [9.17, 15) is 9.36 Å². The zero-order chi connectivity index (χ0) is 12.9. The quantitative estimate of drug-likeness (QED) is 0.737. The van der Waals surface area contributed by atoms with Gasteiger partial charge in [-0.05, 0) is 34.6 Å². The molecular weight excluding hydrogens is 229 g/mol. The van der Waals surface area contributed by atoms with Gasteiger partial charge in [-0.1, -0.05) is 0 Å². The first-order chi connectivity index (χ1) is 7.17. The molecule has 0 rings (SSSR count). The molecule has 0 aliphatic carbocycles. The van der Waals surface area contributed by atoms with Crippen molar-refractivity contribution in [1.82, 2.24) is 5.32 Å². The third-order valence-electron chi connectivity index (χ3n) is 1.60. The highest BCUT2D eigenvalue weighted by Gasteiger charge is 2.35. The number of hydrogen-bond acceptors (Lipinski definition) is 4. The van der Waals surface area contributed by atoms with Crippen molar-refractivity contribution in [3.05, 3.63) is 0 Å². The molecule has 0 radical (unpaired) electrons. The number of rotatable bonds is 6. The second kappa shape index (κ2) is 6.38. The number of hydrogen-bond donors (Lipinski definition) is 1. The molecule has 0 saturated heterocycles. The average molecular weight is 251 g/mol. The van der Waals surface area contributed by atoms with Crippen molar-refractivity contribution in [2.45, 2.75) is 59.5 Å². The molecule has 0 aliphatic rings. The number of carbonyl (C=O) groups is 1. The van der Waals surface area contributed by atoms with Crippen molar-refractivity contribution < 1.29 is 18.4 Å². The second-order valence-corrected chi connectivity index (χ2v) is 6.50. The molecular formula is C10H22NO4P. The Hall–Kier alpha value is -0.380. The maximum Gasteiger partial charge on any atom is 0.352 e. The lowest BCUT2D eigenvalue weighted by molar-refractivity contribution is -0.119.